The fraction of sp³-hybridized carbons (Fsp3) is 0.462. The van der Waals surface area contributed by atoms with Crippen molar-refractivity contribution in [2.45, 2.75) is 26.7 Å². The van der Waals surface area contributed by atoms with Gasteiger partial charge in [0, 0.05) is 18.2 Å². The van der Waals surface area contributed by atoms with E-state index in [0.717, 1.165) is 18.9 Å². The largest absolute Gasteiger partial charge is 0.352 e. The maximum Gasteiger partial charge on any atom is 0.295 e. The van der Waals surface area contributed by atoms with E-state index in [0.29, 0.717) is 12.5 Å². The minimum atomic E-state index is -0.640. The Hall–Kier alpha value is -1.86. The van der Waals surface area contributed by atoms with Crippen molar-refractivity contribution in [1.29, 1.82) is 0 Å². The van der Waals surface area contributed by atoms with Gasteiger partial charge in [0.1, 0.15) is 5.69 Å². The number of hydrogen-bond donors (Lipinski definition) is 3. The number of nitrogens with two attached hydrogens (primary N) is 1. The Morgan fingerprint density at radius 2 is 2.05 bits per heavy atom. The summed E-state index contributed by atoms with van der Waals surface area (Å²) >= 11 is 5.91. The average Bonchev–Trinajstić information content (AvgIpc) is 2.46. The minimum Gasteiger partial charge on any atom is -0.352 e. The molecule has 7 nitrogen and oxygen atoms in total. The molecule has 0 saturated heterocycles. The summed E-state index contributed by atoms with van der Waals surface area (Å²) in [6, 6.07) is 2.51. The highest BCUT2D eigenvalue weighted by Gasteiger charge is 2.21. The van der Waals surface area contributed by atoms with Crippen LogP contribution in [0.5, 0.6) is 0 Å². The van der Waals surface area contributed by atoms with Gasteiger partial charge >= 0.3 is 0 Å². The van der Waals surface area contributed by atoms with Crippen LogP contribution in [-0.4, -0.2) is 17.4 Å². The molecule has 0 aliphatic heterocycles. The van der Waals surface area contributed by atoms with Crippen LogP contribution in [0.4, 0.5) is 11.4 Å². The molecule has 1 aromatic carbocycles. The molecule has 0 fully saturated rings. The van der Waals surface area contributed by atoms with Gasteiger partial charge in [-0.3, -0.25) is 20.8 Å². The molecule has 0 unspecified atom stereocenters. The van der Waals surface area contributed by atoms with Gasteiger partial charge < -0.3 is 10.7 Å². The number of rotatable bonds is 7. The van der Waals surface area contributed by atoms with Gasteiger partial charge in [-0.25, -0.2) is 0 Å². The number of nitrogen functional groups attached to an aromatic ring is 1. The lowest BCUT2D eigenvalue weighted by atomic mass is 10.0. The zero-order chi connectivity index (χ0) is 16.0. The van der Waals surface area contributed by atoms with Crippen LogP contribution in [-0.2, 0) is 0 Å². The van der Waals surface area contributed by atoms with Crippen molar-refractivity contribution in [3.05, 3.63) is 32.8 Å². The SMILES string of the molecule is CCC(CC)CNC(=O)c1cc(Cl)c(NN)c([N+](=O)[O-])c1. The number of amides is 1. The third kappa shape index (κ3) is 4.30. The maximum atomic E-state index is 12.1. The second-order valence-corrected chi connectivity index (χ2v) is 5.05. The second-order valence-electron chi connectivity index (χ2n) is 4.65. The Labute approximate surface area is 128 Å². The van der Waals surface area contributed by atoms with Gasteiger partial charge in [-0.1, -0.05) is 38.3 Å². The van der Waals surface area contributed by atoms with Gasteiger partial charge in [0.25, 0.3) is 11.6 Å². The zero-order valence-electron chi connectivity index (χ0n) is 12.0. The van der Waals surface area contributed by atoms with Crippen molar-refractivity contribution in [3.63, 3.8) is 0 Å². The first-order valence-corrected chi connectivity index (χ1v) is 7.05. The van der Waals surface area contributed by atoms with Crippen LogP contribution in [0.3, 0.4) is 0 Å². The van der Waals surface area contributed by atoms with E-state index in [9.17, 15) is 14.9 Å². The van der Waals surface area contributed by atoms with Gasteiger partial charge in [-0.2, -0.15) is 0 Å². The molecule has 1 amide bonds. The Bertz CT molecular complexity index is 532. The standard InChI is InChI=1S/C13H19ClN4O3/c1-3-8(4-2)7-16-13(19)9-5-10(14)12(17-15)11(6-9)18(20)21/h5-6,8,17H,3-4,7,15H2,1-2H3,(H,16,19). The fourth-order valence-electron chi connectivity index (χ4n) is 1.93. The third-order valence-corrected chi connectivity index (χ3v) is 3.68. The number of benzene rings is 1. The number of nitro benzene ring substituents is 1. The predicted octanol–water partition coefficient (Wildman–Crippen LogP) is 2.70. The van der Waals surface area contributed by atoms with Crippen LogP contribution in [0.15, 0.2) is 12.1 Å². The van der Waals surface area contributed by atoms with E-state index < -0.39 is 10.8 Å². The summed E-state index contributed by atoms with van der Waals surface area (Å²) in [5, 5.41) is 13.8. The number of hydrogen-bond acceptors (Lipinski definition) is 5. The molecular weight excluding hydrogens is 296 g/mol. The smallest absolute Gasteiger partial charge is 0.295 e. The van der Waals surface area contributed by atoms with Crippen LogP contribution in [0.25, 0.3) is 0 Å². The second kappa shape index (κ2) is 7.80. The van der Waals surface area contributed by atoms with E-state index in [4.69, 9.17) is 17.4 Å². The molecule has 0 aromatic heterocycles. The van der Waals surface area contributed by atoms with Crippen LogP contribution >= 0.6 is 11.6 Å². The molecule has 1 rings (SSSR count). The van der Waals surface area contributed by atoms with E-state index in [1.54, 1.807) is 0 Å². The number of nitro groups is 1. The van der Waals surface area contributed by atoms with E-state index in [1.165, 1.54) is 6.07 Å². The molecule has 0 aliphatic carbocycles. The zero-order valence-corrected chi connectivity index (χ0v) is 12.7. The highest BCUT2D eigenvalue weighted by molar-refractivity contribution is 6.34. The van der Waals surface area contributed by atoms with Crippen LogP contribution in [0.1, 0.15) is 37.0 Å². The Kier molecular flexibility index (Phi) is 6.39. The van der Waals surface area contributed by atoms with Gasteiger partial charge in [0.05, 0.1) is 9.95 Å². The monoisotopic (exact) mass is 314 g/mol. The predicted molar refractivity (Wildman–Crippen MR) is 82.3 cm³/mol. The van der Waals surface area contributed by atoms with Crippen molar-refractivity contribution >= 4 is 28.9 Å². The summed E-state index contributed by atoms with van der Waals surface area (Å²) in [4.78, 5) is 22.4. The molecule has 4 N–H and O–H groups in total. The molecule has 1 aromatic rings. The van der Waals surface area contributed by atoms with Gasteiger partial charge in [0.2, 0.25) is 0 Å². The van der Waals surface area contributed by atoms with Crippen molar-refractivity contribution in [1.82, 2.24) is 5.32 Å². The van der Waals surface area contributed by atoms with Gasteiger partial charge in [-0.05, 0) is 12.0 Å². The first-order chi connectivity index (χ1) is 9.94. The summed E-state index contributed by atoms with van der Waals surface area (Å²) in [7, 11) is 0. The Morgan fingerprint density at radius 1 is 1.43 bits per heavy atom. The fourth-order valence-corrected chi connectivity index (χ4v) is 2.20. The minimum absolute atomic E-state index is 0.0155. The van der Waals surface area contributed by atoms with Crippen molar-refractivity contribution in [2.24, 2.45) is 11.8 Å². The van der Waals surface area contributed by atoms with E-state index >= 15 is 0 Å². The Morgan fingerprint density at radius 3 is 2.52 bits per heavy atom. The molecule has 0 bridgehead atoms. The normalized spacial score (nSPS) is 10.5. The summed E-state index contributed by atoms with van der Waals surface area (Å²) < 4.78 is 0. The topological polar surface area (TPSA) is 110 Å². The summed E-state index contributed by atoms with van der Waals surface area (Å²) in [5.41, 5.74) is 1.96. The van der Waals surface area contributed by atoms with Gasteiger partial charge in [-0.15, -0.1) is 0 Å². The first-order valence-electron chi connectivity index (χ1n) is 6.67. The molecular formula is C13H19ClN4O3. The van der Waals surface area contributed by atoms with E-state index in [1.807, 2.05) is 13.8 Å². The average molecular weight is 315 g/mol. The molecule has 0 spiro atoms. The number of carbonyl (C=O) groups is 1. The number of nitrogens with zero attached hydrogens (tertiary/aromatic N) is 1. The lowest BCUT2D eigenvalue weighted by Gasteiger charge is -2.14. The number of halogens is 1. The molecule has 0 heterocycles. The van der Waals surface area contributed by atoms with Crippen molar-refractivity contribution in [3.8, 4) is 0 Å². The molecule has 21 heavy (non-hydrogen) atoms. The number of carbonyl (C=O) groups excluding carboxylic acids is 1. The van der Waals surface area contributed by atoms with E-state index in [-0.39, 0.29) is 22.0 Å². The molecule has 0 saturated carbocycles. The number of nitrogens with one attached hydrogen (secondary N) is 2. The summed E-state index contributed by atoms with van der Waals surface area (Å²) in [6.07, 6.45) is 1.90. The van der Waals surface area contributed by atoms with Crippen molar-refractivity contribution < 1.29 is 9.72 Å². The third-order valence-electron chi connectivity index (χ3n) is 3.38. The quantitative estimate of drug-likeness (QED) is 0.407. The first kappa shape index (κ1) is 17.2. The highest BCUT2D eigenvalue weighted by atomic mass is 35.5. The van der Waals surface area contributed by atoms with E-state index in [2.05, 4.69) is 10.7 Å². The molecule has 0 aliphatic rings. The number of anilines is 1. The number of hydrazine groups is 1. The molecule has 116 valence electrons. The highest BCUT2D eigenvalue weighted by Crippen LogP contribution is 2.32. The van der Waals surface area contributed by atoms with Crippen LogP contribution < -0.4 is 16.6 Å². The van der Waals surface area contributed by atoms with Crippen molar-refractivity contribution in [2.75, 3.05) is 12.0 Å². The Balaban J connectivity index is 2.98. The van der Waals surface area contributed by atoms with Crippen LogP contribution in [0.2, 0.25) is 5.02 Å². The molecule has 8 heteroatoms. The maximum absolute atomic E-state index is 12.1. The lowest BCUT2D eigenvalue weighted by molar-refractivity contribution is -0.384. The molecule has 0 radical (unpaired) electrons. The summed E-state index contributed by atoms with van der Waals surface area (Å²) in [6.45, 7) is 4.61. The van der Waals surface area contributed by atoms with Gasteiger partial charge in [0.15, 0.2) is 0 Å². The summed E-state index contributed by atoms with van der Waals surface area (Å²) in [5.74, 6) is 5.20. The molecule has 0 atom stereocenters. The lowest BCUT2D eigenvalue weighted by Crippen LogP contribution is -2.29. The van der Waals surface area contributed by atoms with Crippen LogP contribution in [0, 0.1) is 16.0 Å².